The fraction of sp³-hybridized carbons (Fsp3) is 0.462. The van der Waals surface area contributed by atoms with Crippen molar-refractivity contribution in [2.24, 2.45) is 0 Å². The molecule has 0 aliphatic carbocycles. The zero-order valence-corrected chi connectivity index (χ0v) is 11.1. The molecule has 1 amide bonds. The van der Waals surface area contributed by atoms with Crippen LogP contribution < -0.4 is 0 Å². The summed E-state index contributed by atoms with van der Waals surface area (Å²) in [7, 11) is 0. The predicted octanol–water partition coefficient (Wildman–Crippen LogP) is 0.727. The maximum atomic E-state index is 12.2. The molecule has 1 saturated heterocycles. The smallest absolute Gasteiger partial charge is 0.254 e. The first-order valence-electron chi connectivity index (χ1n) is 5.85. The Morgan fingerprint density at radius 2 is 2.06 bits per heavy atom. The maximum absolute atomic E-state index is 12.2. The van der Waals surface area contributed by atoms with Crippen LogP contribution in [0.4, 0.5) is 0 Å². The van der Waals surface area contributed by atoms with E-state index in [9.17, 15) is 15.0 Å². The number of likely N-dealkylation sites (tertiary alicyclic amines) is 1. The van der Waals surface area contributed by atoms with E-state index in [1.54, 1.807) is 17.8 Å². The minimum absolute atomic E-state index is 0.131. The van der Waals surface area contributed by atoms with Gasteiger partial charge in [-0.3, -0.25) is 4.79 Å². The van der Waals surface area contributed by atoms with Crippen LogP contribution in [0.1, 0.15) is 15.9 Å². The molecule has 1 fully saturated rings. The lowest BCUT2D eigenvalue weighted by molar-refractivity contribution is 0.0572. The number of rotatable bonds is 3. The van der Waals surface area contributed by atoms with Crippen LogP contribution in [0.25, 0.3) is 0 Å². The topological polar surface area (TPSA) is 60.8 Å². The fourth-order valence-electron chi connectivity index (χ4n) is 2.08. The summed E-state index contributed by atoms with van der Waals surface area (Å²) < 4.78 is 0. The second kappa shape index (κ2) is 5.73. The number of aliphatic hydroxyl groups excluding tert-OH is 2. The largest absolute Gasteiger partial charge is 0.388 e. The van der Waals surface area contributed by atoms with Gasteiger partial charge < -0.3 is 15.1 Å². The number of carbonyl (C=O) groups excluding carboxylic acids is 1. The molecule has 98 valence electrons. The number of thioether (sulfide) groups is 1. The Morgan fingerprint density at radius 3 is 2.67 bits per heavy atom. The molecular weight excluding hydrogens is 250 g/mol. The number of benzene rings is 1. The molecule has 5 heteroatoms. The van der Waals surface area contributed by atoms with Crippen LogP contribution in [0.3, 0.4) is 0 Å². The minimum atomic E-state index is -0.830. The van der Waals surface area contributed by atoms with Gasteiger partial charge in [0.15, 0.2) is 0 Å². The van der Waals surface area contributed by atoms with Crippen molar-refractivity contribution in [1.29, 1.82) is 0 Å². The highest BCUT2D eigenvalue weighted by molar-refractivity contribution is 7.97. The summed E-state index contributed by atoms with van der Waals surface area (Å²) in [6.07, 6.45) is 0.355. The number of amides is 1. The SMILES string of the molecule is CSCc1cccc(C(=O)N2C[C@@H](O)[C@@H](O)C2)c1. The lowest BCUT2D eigenvalue weighted by atomic mass is 10.1. The summed E-state index contributed by atoms with van der Waals surface area (Å²) in [6.45, 7) is 0.402. The van der Waals surface area contributed by atoms with Crippen molar-refractivity contribution < 1.29 is 15.0 Å². The monoisotopic (exact) mass is 267 g/mol. The Bertz CT molecular complexity index is 428. The summed E-state index contributed by atoms with van der Waals surface area (Å²) in [5, 5.41) is 18.9. The highest BCUT2D eigenvalue weighted by Gasteiger charge is 2.32. The number of β-amino-alcohol motifs (C(OH)–C–C–N with tert-alkyl or cyclic N) is 2. The van der Waals surface area contributed by atoms with Crippen molar-refractivity contribution in [2.75, 3.05) is 19.3 Å². The third kappa shape index (κ3) is 2.85. The summed E-state index contributed by atoms with van der Waals surface area (Å²) >= 11 is 1.70. The Morgan fingerprint density at radius 1 is 1.39 bits per heavy atom. The normalized spacial score (nSPS) is 23.4. The maximum Gasteiger partial charge on any atom is 0.254 e. The molecule has 4 nitrogen and oxygen atoms in total. The van der Waals surface area contributed by atoms with E-state index in [-0.39, 0.29) is 19.0 Å². The zero-order valence-electron chi connectivity index (χ0n) is 10.2. The van der Waals surface area contributed by atoms with Crippen molar-refractivity contribution in [3.63, 3.8) is 0 Å². The van der Waals surface area contributed by atoms with Crippen molar-refractivity contribution in [1.82, 2.24) is 4.90 Å². The van der Waals surface area contributed by atoms with Crippen LogP contribution >= 0.6 is 11.8 Å². The number of hydrogen-bond acceptors (Lipinski definition) is 4. The molecule has 0 radical (unpaired) electrons. The predicted molar refractivity (Wildman–Crippen MR) is 71.6 cm³/mol. The molecule has 18 heavy (non-hydrogen) atoms. The molecular formula is C13H17NO3S. The van der Waals surface area contributed by atoms with Crippen molar-refractivity contribution >= 4 is 17.7 Å². The number of nitrogens with zero attached hydrogens (tertiary/aromatic N) is 1. The molecule has 2 rings (SSSR count). The van der Waals surface area contributed by atoms with Crippen LogP contribution in [-0.4, -0.2) is 52.6 Å². The van der Waals surface area contributed by atoms with Crippen LogP contribution in [0.15, 0.2) is 24.3 Å². The molecule has 0 saturated carbocycles. The molecule has 1 aromatic carbocycles. The van der Waals surface area contributed by atoms with Crippen LogP contribution in [0, 0.1) is 0 Å². The van der Waals surface area contributed by atoms with Gasteiger partial charge in [0.05, 0.1) is 12.2 Å². The molecule has 1 heterocycles. The van der Waals surface area contributed by atoms with E-state index >= 15 is 0 Å². The average molecular weight is 267 g/mol. The van der Waals surface area contributed by atoms with Gasteiger partial charge in [-0.2, -0.15) is 11.8 Å². The summed E-state index contributed by atoms with van der Waals surface area (Å²) in [5.41, 5.74) is 1.72. The Balaban J connectivity index is 2.11. The van der Waals surface area contributed by atoms with E-state index in [4.69, 9.17) is 0 Å². The third-order valence-electron chi connectivity index (χ3n) is 3.03. The standard InChI is InChI=1S/C13H17NO3S/c1-18-8-9-3-2-4-10(5-9)13(17)14-6-11(15)12(16)7-14/h2-5,11-12,15-16H,6-8H2,1H3/t11-,12+. The van der Waals surface area contributed by atoms with Crippen molar-refractivity contribution in [3.05, 3.63) is 35.4 Å². The number of aliphatic hydroxyl groups is 2. The first kappa shape index (κ1) is 13.4. The number of carbonyl (C=O) groups is 1. The van der Waals surface area contributed by atoms with Crippen LogP contribution in [0.2, 0.25) is 0 Å². The average Bonchev–Trinajstić information content (AvgIpc) is 2.69. The first-order valence-corrected chi connectivity index (χ1v) is 7.24. The Kier molecular flexibility index (Phi) is 4.27. The molecule has 1 aliphatic heterocycles. The van der Waals surface area contributed by atoms with E-state index < -0.39 is 12.2 Å². The lowest BCUT2D eigenvalue weighted by Gasteiger charge is -2.15. The van der Waals surface area contributed by atoms with Gasteiger partial charge in [-0.15, -0.1) is 0 Å². The van der Waals surface area contributed by atoms with Gasteiger partial charge in [-0.25, -0.2) is 0 Å². The molecule has 2 N–H and O–H groups in total. The van der Waals surface area contributed by atoms with Gasteiger partial charge in [0.25, 0.3) is 5.91 Å². The van der Waals surface area contributed by atoms with E-state index in [1.165, 1.54) is 4.90 Å². The highest BCUT2D eigenvalue weighted by Crippen LogP contribution is 2.16. The summed E-state index contributed by atoms with van der Waals surface area (Å²) in [5.74, 6) is 0.736. The van der Waals surface area contributed by atoms with Gasteiger partial charge in [-0.1, -0.05) is 12.1 Å². The Hall–Kier alpha value is -1.04. The van der Waals surface area contributed by atoms with Gasteiger partial charge in [0.2, 0.25) is 0 Å². The van der Waals surface area contributed by atoms with E-state index in [0.717, 1.165) is 11.3 Å². The highest BCUT2D eigenvalue weighted by atomic mass is 32.2. The third-order valence-corrected chi connectivity index (χ3v) is 3.65. The van der Waals surface area contributed by atoms with Crippen molar-refractivity contribution in [2.45, 2.75) is 18.0 Å². The van der Waals surface area contributed by atoms with Gasteiger partial charge in [-0.05, 0) is 24.0 Å². The second-order valence-electron chi connectivity index (χ2n) is 4.48. The van der Waals surface area contributed by atoms with Gasteiger partial charge >= 0.3 is 0 Å². The van der Waals surface area contributed by atoms with Crippen molar-refractivity contribution in [3.8, 4) is 0 Å². The molecule has 0 bridgehead atoms. The zero-order chi connectivity index (χ0) is 13.1. The van der Waals surface area contributed by atoms with Crippen LogP contribution in [0.5, 0.6) is 0 Å². The lowest BCUT2D eigenvalue weighted by Crippen LogP contribution is -2.29. The molecule has 0 aromatic heterocycles. The molecule has 1 aliphatic rings. The summed E-state index contributed by atoms with van der Waals surface area (Å²) in [4.78, 5) is 13.7. The molecule has 1 aromatic rings. The van der Waals surface area contributed by atoms with E-state index in [1.807, 2.05) is 24.5 Å². The van der Waals surface area contributed by atoms with Crippen LogP contribution in [-0.2, 0) is 5.75 Å². The molecule has 0 unspecified atom stereocenters. The second-order valence-corrected chi connectivity index (χ2v) is 5.34. The molecule has 2 atom stereocenters. The quantitative estimate of drug-likeness (QED) is 0.847. The van der Waals surface area contributed by atoms with E-state index in [2.05, 4.69) is 0 Å². The van der Waals surface area contributed by atoms with Gasteiger partial charge in [0.1, 0.15) is 0 Å². The first-order chi connectivity index (χ1) is 8.61. The number of hydrogen-bond donors (Lipinski definition) is 2. The fourth-order valence-corrected chi connectivity index (χ4v) is 2.59. The summed E-state index contributed by atoms with van der Waals surface area (Å²) in [6, 6.07) is 7.49. The van der Waals surface area contributed by atoms with E-state index in [0.29, 0.717) is 5.56 Å². The Labute approximate surface area is 111 Å². The van der Waals surface area contributed by atoms with Gasteiger partial charge in [0, 0.05) is 24.4 Å². The minimum Gasteiger partial charge on any atom is -0.388 e. The molecule has 0 spiro atoms.